The van der Waals surface area contributed by atoms with Crippen LogP contribution in [0.1, 0.15) is 12.5 Å². The molecular weight excluding hydrogens is 219 g/mol. The largest absolute Gasteiger partial charge is 0.322 e. The maximum atomic E-state index is 12.9. The Bertz CT molecular complexity index is 488. The van der Waals surface area contributed by atoms with Crippen molar-refractivity contribution in [3.63, 3.8) is 0 Å². The van der Waals surface area contributed by atoms with Gasteiger partial charge in [0, 0.05) is 24.4 Å². The first-order chi connectivity index (χ1) is 8.08. The lowest BCUT2D eigenvalue weighted by molar-refractivity contribution is -0.112. The van der Waals surface area contributed by atoms with Gasteiger partial charge >= 0.3 is 0 Å². The molecule has 3 nitrogen and oxygen atoms in total. The number of carbonyl (C=O) groups excluding carboxylic acids is 1. The smallest absolute Gasteiger partial charge is 0.251 e. The summed E-state index contributed by atoms with van der Waals surface area (Å²) in [4.78, 5) is 11.9. The zero-order valence-corrected chi connectivity index (χ0v) is 9.93. The molecule has 0 unspecified atom stereocenters. The lowest BCUT2D eigenvalue weighted by atomic mass is 10.0. The van der Waals surface area contributed by atoms with Crippen LogP contribution >= 0.6 is 0 Å². The van der Waals surface area contributed by atoms with Gasteiger partial charge in [0.1, 0.15) is 5.82 Å². The van der Waals surface area contributed by atoms with E-state index >= 15 is 0 Å². The van der Waals surface area contributed by atoms with Gasteiger partial charge in [-0.05, 0) is 43.2 Å². The summed E-state index contributed by atoms with van der Waals surface area (Å²) >= 11 is 0. The summed E-state index contributed by atoms with van der Waals surface area (Å²) in [7, 11) is 0. The first-order valence-electron chi connectivity index (χ1n) is 5.55. The van der Waals surface area contributed by atoms with Crippen molar-refractivity contribution in [3.05, 3.63) is 40.7 Å². The van der Waals surface area contributed by atoms with E-state index in [2.05, 4.69) is 10.6 Å². The summed E-state index contributed by atoms with van der Waals surface area (Å²) in [6.07, 6.45) is 0. The maximum absolute atomic E-state index is 12.9. The van der Waals surface area contributed by atoms with Gasteiger partial charge in [-0.25, -0.2) is 4.39 Å². The Morgan fingerprint density at radius 3 is 2.65 bits per heavy atom. The number of carbonyl (C=O) groups is 1. The third-order valence-electron chi connectivity index (χ3n) is 2.98. The summed E-state index contributed by atoms with van der Waals surface area (Å²) in [6, 6.07) is 4.33. The Morgan fingerprint density at radius 1 is 1.41 bits per heavy atom. The van der Waals surface area contributed by atoms with Gasteiger partial charge < -0.3 is 10.6 Å². The zero-order valence-electron chi connectivity index (χ0n) is 9.93. The Labute approximate surface area is 99.7 Å². The third kappa shape index (κ3) is 2.53. The predicted octanol–water partition coefficient (Wildman–Crippen LogP) is 1.99. The average molecular weight is 234 g/mol. The van der Waals surface area contributed by atoms with Gasteiger partial charge in [0.15, 0.2) is 0 Å². The summed E-state index contributed by atoms with van der Waals surface area (Å²) in [6.45, 7) is 5.14. The molecule has 1 aliphatic rings. The van der Waals surface area contributed by atoms with Gasteiger partial charge in [-0.15, -0.1) is 0 Å². The number of nitrogens with one attached hydrogen (secondary N) is 2. The van der Waals surface area contributed by atoms with E-state index in [1.54, 1.807) is 13.0 Å². The van der Waals surface area contributed by atoms with Gasteiger partial charge in [-0.3, -0.25) is 4.79 Å². The second kappa shape index (κ2) is 4.67. The normalized spacial score (nSPS) is 14.2. The van der Waals surface area contributed by atoms with E-state index in [0.717, 1.165) is 29.8 Å². The molecule has 1 fully saturated rings. The van der Waals surface area contributed by atoms with Crippen molar-refractivity contribution < 1.29 is 9.18 Å². The molecule has 2 N–H and O–H groups in total. The van der Waals surface area contributed by atoms with Crippen LogP contribution in [0, 0.1) is 12.7 Å². The number of halogens is 1. The lowest BCUT2D eigenvalue weighted by Crippen LogP contribution is -2.36. The molecule has 1 heterocycles. The second-order valence-electron chi connectivity index (χ2n) is 4.25. The van der Waals surface area contributed by atoms with Crippen LogP contribution in [0.15, 0.2) is 29.3 Å². The highest BCUT2D eigenvalue weighted by molar-refractivity contribution is 6.04. The van der Waals surface area contributed by atoms with Crippen LogP contribution in [-0.2, 0) is 4.79 Å². The SMILES string of the molecule is CC(C(=O)Nc1ccc(F)cc1C)=C1CNC1. The van der Waals surface area contributed by atoms with Crippen LogP contribution in [0.3, 0.4) is 0 Å². The molecule has 17 heavy (non-hydrogen) atoms. The van der Waals surface area contributed by atoms with E-state index < -0.39 is 0 Å². The molecule has 1 saturated heterocycles. The van der Waals surface area contributed by atoms with E-state index in [-0.39, 0.29) is 11.7 Å². The minimum Gasteiger partial charge on any atom is -0.322 e. The van der Waals surface area contributed by atoms with Gasteiger partial charge in [0.25, 0.3) is 5.91 Å². The molecule has 2 rings (SSSR count). The van der Waals surface area contributed by atoms with E-state index in [4.69, 9.17) is 0 Å². The fraction of sp³-hybridized carbons (Fsp3) is 0.308. The quantitative estimate of drug-likeness (QED) is 0.768. The van der Waals surface area contributed by atoms with Gasteiger partial charge in [0.2, 0.25) is 0 Å². The van der Waals surface area contributed by atoms with Crippen LogP contribution in [0.5, 0.6) is 0 Å². The van der Waals surface area contributed by atoms with E-state index in [1.807, 2.05) is 6.92 Å². The molecule has 90 valence electrons. The minimum absolute atomic E-state index is 0.115. The van der Waals surface area contributed by atoms with Crippen molar-refractivity contribution in [2.45, 2.75) is 13.8 Å². The van der Waals surface area contributed by atoms with Gasteiger partial charge in [0.05, 0.1) is 0 Å². The maximum Gasteiger partial charge on any atom is 0.251 e. The molecule has 0 spiro atoms. The molecule has 1 aliphatic heterocycles. The first-order valence-corrected chi connectivity index (χ1v) is 5.55. The standard InChI is InChI=1S/C13H15FN2O/c1-8-5-11(14)3-4-12(8)16-13(17)9(2)10-6-15-7-10/h3-5,15H,6-7H2,1-2H3,(H,16,17). The van der Waals surface area contributed by atoms with Crippen LogP contribution in [0.2, 0.25) is 0 Å². The molecule has 0 bridgehead atoms. The van der Waals surface area contributed by atoms with E-state index in [1.165, 1.54) is 12.1 Å². The van der Waals surface area contributed by atoms with Crippen molar-refractivity contribution in [2.75, 3.05) is 18.4 Å². The summed E-state index contributed by atoms with van der Waals surface area (Å²) in [5.74, 6) is -0.407. The van der Waals surface area contributed by atoms with Crippen LogP contribution in [0.4, 0.5) is 10.1 Å². The van der Waals surface area contributed by atoms with Crippen molar-refractivity contribution in [3.8, 4) is 0 Å². The number of aryl methyl sites for hydroxylation is 1. The Balaban J connectivity index is 2.13. The molecule has 0 radical (unpaired) electrons. The first kappa shape index (κ1) is 11.8. The van der Waals surface area contributed by atoms with Gasteiger partial charge in [-0.1, -0.05) is 0 Å². The molecule has 1 aromatic carbocycles. The van der Waals surface area contributed by atoms with Crippen LogP contribution in [-0.4, -0.2) is 19.0 Å². The molecule has 0 aromatic heterocycles. The zero-order chi connectivity index (χ0) is 12.4. The second-order valence-corrected chi connectivity index (χ2v) is 4.25. The fourth-order valence-corrected chi connectivity index (χ4v) is 1.66. The Morgan fingerprint density at radius 2 is 2.12 bits per heavy atom. The molecule has 4 heteroatoms. The number of amides is 1. The van der Waals surface area contributed by atoms with Crippen molar-refractivity contribution in [1.29, 1.82) is 0 Å². The van der Waals surface area contributed by atoms with Crippen LogP contribution in [0.25, 0.3) is 0 Å². The number of anilines is 1. The van der Waals surface area contributed by atoms with E-state index in [9.17, 15) is 9.18 Å². The monoisotopic (exact) mass is 234 g/mol. The Kier molecular flexibility index (Phi) is 3.24. The summed E-state index contributed by atoms with van der Waals surface area (Å²) in [5.41, 5.74) is 3.25. The molecular formula is C13H15FN2O. The average Bonchev–Trinajstić information content (AvgIpc) is 2.19. The third-order valence-corrected chi connectivity index (χ3v) is 2.98. The molecule has 1 aromatic rings. The van der Waals surface area contributed by atoms with Crippen molar-refractivity contribution in [2.24, 2.45) is 0 Å². The number of rotatable bonds is 2. The van der Waals surface area contributed by atoms with Crippen molar-refractivity contribution in [1.82, 2.24) is 5.32 Å². The molecule has 0 aliphatic carbocycles. The highest BCUT2D eigenvalue weighted by atomic mass is 19.1. The fourth-order valence-electron chi connectivity index (χ4n) is 1.66. The van der Waals surface area contributed by atoms with E-state index in [0.29, 0.717) is 5.69 Å². The van der Waals surface area contributed by atoms with Crippen molar-refractivity contribution >= 4 is 11.6 Å². The predicted molar refractivity (Wildman–Crippen MR) is 65.3 cm³/mol. The number of hydrogen-bond donors (Lipinski definition) is 2. The number of hydrogen-bond acceptors (Lipinski definition) is 2. The lowest BCUT2D eigenvalue weighted by Gasteiger charge is -2.21. The van der Waals surface area contributed by atoms with Gasteiger partial charge in [-0.2, -0.15) is 0 Å². The Hall–Kier alpha value is -1.68. The molecule has 0 saturated carbocycles. The highest BCUT2D eigenvalue weighted by Gasteiger charge is 2.16. The van der Waals surface area contributed by atoms with Crippen LogP contribution < -0.4 is 10.6 Å². The number of benzene rings is 1. The molecule has 1 amide bonds. The topological polar surface area (TPSA) is 41.1 Å². The molecule has 0 atom stereocenters. The summed E-state index contributed by atoms with van der Waals surface area (Å²) in [5, 5.41) is 5.89. The highest BCUT2D eigenvalue weighted by Crippen LogP contribution is 2.17. The summed E-state index contributed by atoms with van der Waals surface area (Å²) < 4.78 is 12.9. The minimum atomic E-state index is -0.293.